The van der Waals surface area contributed by atoms with E-state index in [-0.39, 0.29) is 10.9 Å². The van der Waals surface area contributed by atoms with Crippen LogP contribution >= 0.6 is 0 Å². The number of fused-ring (bicyclic) bond motifs is 2. The van der Waals surface area contributed by atoms with E-state index >= 15 is 0 Å². The lowest BCUT2D eigenvalue weighted by Gasteiger charge is -2.30. The summed E-state index contributed by atoms with van der Waals surface area (Å²) in [5.41, 5.74) is 2.92. The molecule has 4 aromatic carbocycles. The minimum atomic E-state index is -4.43. The fourth-order valence-electron chi connectivity index (χ4n) is 6.89. The topological polar surface area (TPSA) is 80.7 Å². The molecule has 1 N–H and O–H groups in total. The Morgan fingerprint density at radius 1 is 0.718 bits per heavy atom. The van der Waals surface area contributed by atoms with Gasteiger partial charge in [0.25, 0.3) is 10.1 Å². The summed E-state index contributed by atoms with van der Waals surface area (Å²) in [6.07, 6.45) is 11.3. The van der Waals surface area contributed by atoms with Crippen LogP contribution in [-0.2, 0) is 10.1 Å². The molecule has 6 rings (SSSR count). The number of carbonyl (C=O) groups is 1. The molecule has 0 spiro atoms. The maximum Gasteiger partial charge on any atom is 0.344 e. The van der Waals surface area contributed by atoms with E-state index in [1.807, 2.05) is 6.07 Å². The van der Waals surface area contributed by atoms with Crippen molar-refractivity contribution in [3.8, 4) is 5.75 Å². The minimum Gasteiger partial charge on any atom is -0.422 e. The predicted octanol–water partition coefficient (Wildman–Crippen LogP) is 8.55. The highest BCUT2D eigenvalue weighted by Crippen LogP contribution is 2.44. The van der Waals surface area contributed by atoms with Crippen LogP contribution in [0.5, 0.6) is 5.75 Å². The Hall–Kier alpha value is -3.22. The van der Waals surface area contributed by atoms with Crippen LogP contribution in [0.15, 0.2) is 71.6 Å². The summed E-state index contributed by atoms with van der Waals surface area (Å²) in [6, 6.07) is 20.2. The van der Waals surface area contributed by atoms with Crippen LogP contribution in [0.4, 0.5) is 0 Å². The number of carbonyl (C=O) groups excluding carboxylic acids is 1. The van der Waals surface area contributed by atoms with Gasteiger partial charge in [-0.2, -0.15) is 8.42 Å². The maximum absolute atomic E-state index is 14.3. The number of benzene rings is 4. The van der Waals surface area contributed by atoms with Crippen molar-refractivity contribution in [2.45, 2.75) is 80.9 Å². The van der Waals surface area contributed by atoms with Gasteiger partial charge in [-0.15, -0.1) is 0 Å². The van der Waals surface area contributed by atoms with E-state index in [0.29, 0.717) is 33.9 Å². The van der Waals surface area contributed by atoms with Crippen LogP contribution < -0.4 is 4.74 Å². The molecule has 2 aliphatic rings. The number of esters is 1. The van der Waals surface area contributed by atoms with Gasteiger partial charge in [-0.05, 0) is 77.6 Å². The highest BCUT2D eigenvalue weighted by Gasteiger charge is 2.31. The Morgan fingerprint density at radius 3 is 1.97 bits per heavy atom. The summed E-state index contributed by atoms with van der Waals surface area (Å²) in [5.74, 6) is 0.521. The summed E-state index contributed by atoms with van der Waals surface area (Å²) >= 11 is 0. The predicted molar refractivity (Wildman–Crippen MR) is 154 cm³/mol. The molecule has 202 valence electrons. The molecule has 0 saturated heterocycles. The number of rotatable bonds is 5. The van der Waals surface area contributed by atoms with E-state index in [2.05, 4.69) is 24.3 Å². The number of hydrogen-bond donors (Lipinski definition) is 1. The van der Waals surface area contributed by atoms with E-state index in [0.717, 1.165) is 67.9 Å². The first-order valence-electron chi connectivity index (χ1n) is 14.2. The summed E-state index contributed by atoms with van der Waals surface area (Å²) < 4.78 is 40.0. The van der Waals surface area contributed by atoms with Crippen molar-refractivity contribution < 1.29 is 22.5 Å². The lowest BCUT2D eigenvalue weighted by atomic mass is 9.74. The van der Waals surface area contributed by atoms with Gasteiger partial charge >= 0.3 is 5.97 Å². The van der Waals surface area contributed by atoms with Crippen molar-refractivity contribution in [2.75, 3.05) is 0 Å². The van der Waals surface area contributed by atoms with Crippen molar-refractivity contribution in [1.29, 1.82) is 0 Å². The fraction of sp³-hybridized carbons (Fsp3) is 0.364. The number of hydrogen-bond acceptors (Lipinski definition) is 4. The lowest BCUT2D eigenvalue weighted by Crippen LogP contribution is -2.20. The molecule has 0 amide bonds. The van der Waals surface area contributed by atoms with Crippen LogP contribution in [0.3, 0.4) is 0 Å². The van der Waals surface area contributed by atoms with Gasteiger partial charge in [0.1, 0.15) is 10.6 Å². The molecule has 0 radical (unpaired) electrons. The second-order valence-corrected chi connectivity index (χ2v) is 12.5. The number of ether oxygens (including phenoxy) is 1. The van der Waals surface area contributed by atoms with E-state index < -0.39 is 10.1 Å². The average Bonchev–Trinajstić information content (AvgIpc) is 2.96. The highest BCUT2D eigenvalue weighted by molar-refractivity contribution is 7.86. The third kappa shape index (κ3) is 5.08. The fourth-order valence-corrected chi connectivity index (χ4v) is 7.58. The molecule has 4 aromatic rings. The Kier molecular flexibility index (Phi) is 7.17. The van der Waals surface area contributed by atoms with Gasteiger partial charge in [0.2, 0.25) is 0 Å². The first kappa shape index (κ1) is 26.0. The Balaban J connectivity index is 1.53. The standard InChI is InChI=1S/C33H34O5S/c34-33(38-29-19-20-30(39(35,36)37)27-18-10-9-17-26(27)29)32-28(22-11-3-1-4-12-22)21-24-15-7-8-16-25(24)31(32)23-13-5-2-6-14-23/h7-10,15-23H,1-6,11-14H2,(H,35,36,37). The highest BCUT2D eigenvalue weighted by atomic mass is 32.2. The zero-order valence-electron chi connectivity index (χ0n) is 22.1. The lowest BCUT2D eigenvalue weighted by molar-refractivity contribution is 0.0733. The maximum atomic E-state index is 14.3. The smallest absolute Gasteiger partial charge is 0.344 e. The molecule has 0 atom stereocenters. The average molecular weight is 543 g/mol. The summed E-state index contributed by atoms with van der Waals surface area (Å²) in [4.78, 5) is 14.1. The quantitative estimate of drug-likeness (QED) is 0.155. The van der Waals surface area contributed by atoms with Crippen LogP contribution in [0.2, 0.25) is 0 Å². The monoisotopic (exact) mass is 542 g/mol. The Morgan fingerprint density at radius 2 is 1.31 bits per heavy atom. The molecule has 2 fully saturated rings. The van der Waals surface area contributed by atoms with Gasteiger partial charge in [0.15, 0.2) is 0 Å². The molecule has 39 heavy (non-hydrogen) atoms. The van der Waals surface area contributed by atoms with E-state index in [1.54, 1.807) is 24.3 Å². The molecule has 2 aliphatic carbocycles. The van der Waals surface area contributed by atoms with Crippen LogP contribution in [0.25, 0.3) is 21.5 Å². The molecule has 0 heterocycles. The molecule has 0 aliphatic heterocycles. The molecule has 6 heteroatoms. The van der Waals surface area contributed by atoms with Crippen molar-refractivity contribution >= 4 is 37.6 Å². The SMILES string of the molecule is O=C(Oc1ccc(S(=O)(=O)O)c2ccccc12)c1c(C2CCCCC2)cc2ccccc2c1C1CCCCC1. The van der Waals surface area contributed by atoms with Gasteiger partial charge in [0.05, 0.1) is 5.56 Å². The second kappa shape index (κ2) is 10.7. The summed E-state index contributed by atoms with van der Waals surface area (Å²) in [5, 5.41) is 3.10. The Bertz CT molecular complexity index is 1640. The van der Waals surface area contributed by atoms with E-state index in [9.17, 15) is 17.8 Å². The van der Waals surface area contributed by atoms with Crippen molar-refractivity contribution in [3.05, 3.63) is 83.4 Å². The molecule has 5 nitrogen and oxygen atoms in total. The third-order valence-corrected chi connectivity index (χ3v) is 9.62. The van der Waals surface area contributed by atoms with Gasteiger partial charge in [-0.3, -0.25) is 4.55 Å². The van der Waals surface area contributed by atoms with E-state index in [1.165, 1.54) is 30.4 Å². The van der Waals surface area contributed by atoms with Gasteiger partial charge in [0, 0.05) is 10.8 Å². The normalized spacial score (nSPS) is 17.5. The molecular weight excluding hydrogens is 508 g/mol. The van der Waals surface area contributed by atoms with Crippen molar-refractivity contribution in [1.82, 2.24) is 0 Å². The van der Waals surface area contributed by atoms with Crippen LogP contribution in [-0.4, -0.2) is 18.9 Å². The van der Waals surface area contributed by atoms with Gasteiger partial charge in [-0.1, -0.05) is 87.1 Å². The largest absolute Gasteiger partial charge is 0.422 e. The molecule has 0 unspecified atom stereocenters. The zero-order chi connectivity index (χ0) is 27.0. The second-order valence-electron chi connectivity index (χ2n) is 11.1. The molecule has 0 bridgehead atoms. The zero-order valence-corrected chi connectivity index (χ0v) is 22.9. The Labute approximate surface area is 229 Å². The van der Waals surface area contributed by atoms with Gasteiger partial charge in [-0.25, -0.2) is 4.79 Å². The first-order valence-corrected chi connectivity index (χ1v) is 15.6. The molecular formula is C33H34O5S. The van der Waals surface area contributed by atoms with Crippen molar-refractivity contribution in [3.63, 3.8) is 0 Å². The van der Waals surface area contributed by atoms with Crippen LogP contribution in [0, 0.1) is 0 Å². The molecule has 0 aromatic heterocycles. The summed E-state index contributed by atoms with van der Waals surface area (Å²) in [6.45, 7) is 0. The third-order valence-electron chi connectivity index (χ3n) is 8.71. The minimum absolute atomic E-state index is 0.200. The van der Waals surface area contributed by atoms with Gasteiger partial charge < -0.3 is 4.74 Å². The molecule has 2 saturated carbocycles. The summed E-state index contributed by atoms with van der Waals surface area (Å²) in [7, 11) is -4.43. The first-order chi connectivity index (χ1) is 18.9. The van der Waals surface area contributed by atoms with Crippen LogP contribution in [0.1, 0.15) is 97.5 Å². The van der Waals surface area contributed by atoms with E-state index in [4.69, 9.17) is 4.74 Å². The van der Waals surface area contributed by atoms with Crippen molar-refractivity contribution in [2.24, 2.45) is 0 Å².